The van der Waals surface area contributed by atoms with Crippen molar-refractivity contribution in [2.45, 2.75) is 19.9 Å². The lowest BCUT2D eigenvalue weighted by Crippen LogP contribution is -2.48. The van der Waals surface area contributed by atoms with Crippen LogP contribution in [0.15, 0.2) is 42.6 Å². The summed E-state index contributed by atoms with van der Waals surface area (Å²) < 4.78 is 0. The highest BCUT2D eigenvalue weighted by atomic mass is 16.2. The van der Waals surface area contributed by atoms with Crippen molar-refractivity contribution in [3.8, 4) is 0 Å². The second kappa shape index (κ2) is 6.28. The number of carbonyl (C=O) groups excluding carboxylic acids is 1. The molecule has 0 bridgehead atoms. The first-order valence-electron chi connectivity index (χ1n) is 7.66. The van der Waals surface area contributed by atoms with Gasteiger partial charge in [0.2, 0.25) is 0 Å². The largest absolute Gasteiger partial charge is 0.335 e. The maximum Gasteiger partial charge on any atom is 0.255 e. The number of aryl methyl sites for hydroxylation is 2. The lowest BCUT2D eigenvalue weighted by Gasteiger charge is -2.34. The zero-order chi connectivity index (χ0) is 15.5. The van der Waals surface area contributed by atoms with Crippen LogP contribution in [0, 0.1) is 13.8 Å². The summed E-state index contributed by atoms with van der Waals surface area (Å²) in [5.74, 6) is 0.0676. The van der Waals surface area contributed by atoms with Crippen LogP contribution in [0.25, 0.3) is 0 Å². The van der Waals surface area contributed by atoms with Crippen LogP contribution < -0.4 is 5.32 Å². The molecule has 1 fully saturated rings. The molecule has 2 aromatic rings. The molecule has 0 radical (unpaired) electrons. The summed E-state index contributed by atoms with van der Waals surface area (Å²) in [5.41, 5.74) is 3.93. The SMILES string of the molecule is Cc1cc(C(=O)N2CCN[C@H](c3ccccc3)C2)cnc1C. The zero-order valence-electron chi connectivity index (χ0n) is 13.0. The maximum atomic E-state index is 12.7. The summed E-state index contributed by atoms with van der Waals surface area (Å²) in [6.45, 7) is 6.18. The first-order valence-corrected chi connectivity index (χ1v) is 7.66. The summed E-state index contributed by atoms with van der Waals surface area (Å²) in [7, 11) is 0. The molecule has 1 aliphatic rings. The van der Waals surface area contributed by atoms with E-state index in [-0.39, 0.29) is 11.9 Å². The van der Waals surface area contributed by atoms with Gasteiger partial charge in [-0.3, -0.25) is 9.78 Å². The molecule has 1 aliphatic heterocycles. The normalized spacial score (nSPS) is 18.3. The fourth-order valence-electron chi connectivity index (χ4n) is 2.79. The molecule has 0 spiro atoms. The van der Waals surface area contributed by atoms with Crippen molar-refractivity contribution in [1.82, 2.24) is 15.2 Å². The number of piperazine rings is 1. The maximum absolute atomic E-state index is 12.7. The summed E-state index contributed by atoms with van der Waals surface area (Å²) >= 11 is 0. The van der Waals surface area contributed by atoms with Gasteiger partial charge in [-0.25, -0.2) is 0 Å². The van der Waals surface area contributed by atoms with Crippen molar-refractivity contribution < 1.29 is 4.79 Å². The van der Waals surface area contributed by atoms with Crippen molar-refractivity contribution in [1.29, 1.82) is 0 Å². The predicted octanol–water partition coefficient (Wildman–Crippen LogP) is 2.49. The van der Waals surface area contributed by atoms with Crippen molar-refractivity contribution in [2.75, 3.05) is 19.6 Å². The molecule has 1 saturated heterocycles. The van der Waals surface area contributed by atoms with E-state index in [9.17, 15) is 4.79 Å². The van der Waals surface area contributed by atoms with Gasteiger partial charge in [-0.15, -0.1) is 0 Å². The minimum atomic E-state index is 0.0676. The molecule has 1 N–H and O–H groups in total. The second-order valence-corrected chi connectivity index (χ2v) is 5.79. The number of nitrogens with zero attached hydrogens (tertiary/aromatic N) is 2. The average Bonchev–Trinajstić information content (AvgIpc) is 2.57. The van der Waals surface area contributed by atoms with Crippen molar-refractivity contribution >= 4 is 5.91 Å². The molecule has 2 heterocycles. The van der Waals surface area contributed by atoms with E-state index in [0.29, 0.717) is 12.1 Å². The van der Waals surface area contributed by atoms with Gasteiger partial charge in [-0.1, -0.05) is 30.3 Å². The number of pyridine rings is 1. The predicted molar refractivity (Wildman–Crippen MR) is 86.8 cm³/mol. The molecule has 1 aromatic heterocycles. The van der Waals surface area contributed by atoms with E-state index < -0.39 is 0 Å². The summed E-state index contributed by atoms with van der Waals surface area (Å²) in [5, 5.41) is 3.48. The van der Waals surface area contributed by atoms with Crippen LogP contribution in [-0.2, 0) is 0 Å². The molecular formula is C18H21N3O. The zero-order valence-corrected chi connectivity index (χ0v) is 13.0. The Hall–Kier alpha value is -2.20. The van der Waals surface area contributed by atoms with Gasteiger partial charge >= 0.3 is 0 Å². The highest BCUT2D eigenvalue weighted by molar-refractivity contribution is 5.94. The molecular weight excluding hydrogens is 274 g/mol. The Kier molecular flexibility index (Phi) is 4.20. The Bertz CT molecular complexity index is 669. The van der Waals surface area contributed by atoms with E-state index in [1.807, 2.05) is 43.0 Å². The molecule has 1 aromatic carbocycles. The van der Waals surface area contributed by atoms with Gasteiger partial charge in [0, 0.05) is 37.6 Å². The van der Waals surface area contributed by atoms with E-state index in [2.05, 4.69) is 22.4 Å². The van der Waals surface area contributed by atoms with E-state index in [4.69, 9.17) is 0 Å². The van der Waals surface area contributed by atoms with Gasteiger partial charge in [0.1, 0.15) is 0 Å². The van der Waals surface area contributed by atoms with E-state index in [1.165, 1.54) is 5.56 Å². The number of hydrogen-bond acceptors (Lipinski definition) is 3. The number of carbonyl (C=O) groups is 1. The number of aromatic nitrogens is 1. The van der Waals surface area contributed by atoms with Crippen molar-refractivity contribution in [3.63, 3.8) is 0 Å². The topological polar surface area (TPSA) is 45.2 Å². The van der Waals surface area contributed by atoms with Crippen molar-refractivity contribution in [2.24, 2.45) is 0 Å². The Labute approximate surface area is 131 Å². The molecule has 22 heavy (non-hydrogen) atoms. The lowest BCUT2D eigenvalue weighted by molar-refractivity contribution is 0.0702. The van der Waals surface area contributed by atoms with Crippen LogP contribution in [-0.4, -0.2) is 35.4 Å². The molecule has 0 saturated carbocycles. The van der Waals surface area contributed by atoms with Gasteiger partial charge in [0.05, 0.1) is 5.56 Å². The third kappa shape index (κ3) is 3.02. The van der Waals surface area contributed by atoms with Crippen LogP contribution in [0.1, 0.15) is 33.2 Å². The lowest BCUT2D eigenvalue weighted by atomic mass is 10.0. The van der Waals surface area contributed by atoms with E-state index in [0.717, 1.165) is 24.3 Å². The van der Waals surface area contributed by atoms with Crippen LogP contribution in [0.2, 0.25) is 0 Å². The summed E-state index contributed by atoms with van der Waals surface area (Å²) in [6.07, 6.45) is 1.68. The number of nitrogens with one attached hydrogen (secondary N) is 1. The monoisotopic (exact) mass is 295 g/mol. The van der Waals surface area contributed by atoms with Crippen molar-refractivity contribution in [3.05, 3.63) is 65.0 Å². The first-order chi connectivity index (χ1) is 10.6. The minimum absolute atomic E-state index is 0.0676. The summed E-state index contributed by atoms with van der Waals surface area (Å²) in [6, 6.07) is 12.4. The van der Waals surface area contributed by atoms with E-state index in [1.54, 1.807) is 6.20 Å². The molecule has 1 amide bonds. The van der Waals surface area contributed by atoms with Gasteiger partial charge in [0.15, 0.2) is 0 Å². The fraction of sp³-hybridized carbons (Fsp3) is 0.333. The second-order valence-electron chi connectivity index (χ2n) is 5.79. The standard InChI is InChI=1S/C18H21N3O/c1-13-10-16(11-20-14(13)2)18(22)21-9-8-19-17(12-21)15-6-4-3-5-7-15/h3-7,10-11,17,19H,8-9,12H2,1-2H3/t17-/m0/s1. The van der Waals surface area contributed by atoms with Crippen LogP contribution in [0.3, 0.4) is 0 Å². The van der Waals surface area contributed by atoms with Gasteiger partial charge in [-0.2, -0.15) is 0 Å². The minimum Gasteiger partial charge on any atom is -0.335 e. The molecule has 4 nitrogen and oxygen atoms in total. The Morgan fingerprint density at radius 2 is 2.05 bits per heavy atom. The van der Waals surface area contributed by atoms with Gasteiger partial charge in [-0.05, 0) is 31.0 Å². The molecule has 0 unspecified atom stereocenters. The van der Waals surface area contributed by atoms with E-state index >= 15 is 0 Å². The van der Waals surface area contributed by atoms with Crippen LogP contribution in [0.5, 0.6) is 0 Å². The number of hydrogen-bond donors (Lipinski definition) is 1. The number of rotatable bonds is 2. The van der Waals surface area contributed by atoms with Gasteiger partial charge in [0.25, 0.3) is 5.91 Å². The van der Waals surface area contributed by atoms with Crippen LogP contribution in [0.4, 0.5) is 0 Å². The highest BCUT2D eigenvalue weighted by Gasteiger charge is 2.25. The first kappa shape index (κ1) is 14.7. The Morgan fingerprint density at radius 3 is 2.77 bits per heavy atom. The average molecular weight is 295 g/mol. The molecule has 114 valence electrons. The smallest absolute Gasteiger partial charge is 0.255 e. The third-order valence-corrected chi connectivity index (χ3v) is 4.25. The quantitative estimate of drug-likeness (QED) is 0.926. The molecule has 3 rings (SSSR count). The third-order valence-electron chi connectivity index (χ3n) is 4.25. The molecule has 1 atom stereocenters. The molecule has 0 aliphatic carbocycles. The summed E-state index contributed by atoms with van der Waals surface area (Å²) in [4.78, 5) is 18.9. The Morgan fingerprint density at radius 1 is 1.27 bits per heavy atom. The highest BCUT2D eigenvalue weighted by Crippen LogP contribution is 2.19. The number of amides is 1. The van der Waals surface area contributed by atoms with Gasteiger partial charge < -0.3 is 10.2 Å². The fourth-order valence-corrected chi connectivity index (χ4v) is 2.79. The van der Waals surface area contributed by atoms with Crippen LogP contribution >= 0.6 is 0 Å². The number of benzene rings is 1. The molecule has 4 heteroatoms. The Balaban J connectivity index is 1.76.